The molecule has 0 bridgehead atoms. The quantitative estimate of drug-likeness (QED) is 0.544. The molecule has 2 aromatic carbocycles. The first-order valence-electron chi connectivity index (χ1n) is 9.01. The Kier molecular flexibility index (Phi) is 6.87. The first kappa shape index (κ1) is 21.1. The molecule has 1 heterocycles. The number of nitrogens with zero attached hydrogens (tertiary/aromatic N) is 1. The van der Waals surface area contributed by atoms with Crippen molar-refractivity contribution in [2.24, 2.45) is 0 Å². The molecule has 0 saturated carbocycles. The third-order valence-corrected chi connectivity index (χ3v) is 5.48. The van der Waals surface area contributed by atoms with Gasteiger partial charge in [0.1, 0.15) is 11.5 Å². The summed E-state index contributed by atoms with van der Waals surface area (Å²) < 4.78 is 38.0. The standard InChI is InChI=1S/C21H21N3O5S/c1-28-18-4-2-17(3-5-18)24-30(26,27)20-8-6-19(7-9-20)29-15-21(25)23-14-16-10-12-22-13-11-16/h2-13,24H,14-15H2,1H3,(H,23,25). The van der Waals surface area contributed by atoms with Gasteiger partial charge in [-0.15, -0.1) is 0 Å². The van der Waals surface area contributed by atoms with Gasteiger partial charge in [0, 0.05) is 24.6 Å². The van der Waals surface area contributed by atoms with Crippen LogP contribution in [0.5, 0.6) is 11.5 Å². The molecular weight excluding hydrogens is 406 g/mol. The fraction of sp³-hybridized carbons (Fsp3) is 0.143. The lowest BCUT2D eigenvalue weighted by molar-refractivity contribution is -0.123. The van der Waals surface area contributed by atoms with Gasteiger partial charge in [0.25, 0.3) is 15.9 Å². The van der Waals surface area contributed by atoms with Crippen LogP contribution in [0.4, 0.5) is 5.69 Å². The predicted octanol–water partition coefficient (Wildman–Crippen LogP) is 2.59. The molecule has 0 aliphatic heterocycles. The number of benzene rings is 2. The third-order valence-electron chi connectivity index (χ3n) is 4.09. The molecule has 0 fully saturated rings. The molecule has 0 unspecified atom stereocenters. The van der Waals surface area contributed by atoms with E-state index < -0.39 is 10.0 Å². The van der Waals surface area contributed by atoms with Crippen molar-refractivity contribution in [1.82, 2.24) is 10.3 Å². The maximum absolute atomic E-state index is 12.5. The van der Waals surface area contributed by atoms with E-state index >= 15 is 0 Å². The van der Waals surface area contributed by atoms with Crippen molar-refractivity contribution < 1.29 is 22.7 Å². The molecule has 1 aromatic heterocycles. The molecule has 0 aliphatic rings. The Morgan fingerprint density at radius 3 is 2.20 bits per heavy atom. The zero-order valence-electron chi connectivity index (χ0n) is 16.2. The minimum absolute atomic E-state index is 0.0767. The number of hydrogen-bond acceptors (Lipinski definition) is 6. The van der Waals surface area contributed by atoms with Gasteiger partial charge in [-0.2, -0.15) is 0 Å². The molecule has 1 amide bonds. The lowest BCUT2D eigenvalue weighted by Gasteiger charge is -2.10. The second-order valence-electron chi connectivity index (χ2n) is 6.23. The van der Waals surface area contributed by atoms with Crippen LogP contribution < -0.4 is 19.5 Å². The van der Waals surface area contributed by atoms with E-state index in [2.05, 4.69) is 15.0 Å². The van der Waals surface area contributed by atoms with Crippen molar-refractivity contribution in [3.05, 3.63) is 78.6 Å². The van der Waals surface area contributed by atoms with Crippen molar-refractivity contribution in [3.63, 3.8) is 0 Å². The number of pyridine rings is 1. The normalized spacial score (nSPS) is 10.8. The SMILES string of the molecule is COc1ccc(NS(=O)(=O)c2ccc(OCC(=O)NCc3ccncc3)cc2)cc1. The summed E-state index contributed by atoms with van der Waals surface area (Å²) >= 11 is 0. The second kappa shape index (κ2) is 9.75. The van der Waals surface area contributed by atoms with Crippen molar-refractivity contribution in [2.45, 2.75) is 11.4 Å². The van der Waals surface area contributed by atoms with Gasteiger partial charge in [-0.05, 0) is 66.2 Å². The lowest BCUT2D eigenvalue weighted by atomic mass is 10.3. The molecule has 0 radical (unpaired) electrons. The van der Waals surface area contributed by atoms with Gasteiger partial charge in [-0.25, -0.2) is 8.42 Å². The summed E-state index contributed by atoms with van der Waals surface area (Å²) in [5, 5.41) is 2.73. The van der Waals surface area contributed by atoms with Gasteiger partial charge in [-0.3, -0.25) is 14.5 Å². The molecule has 0 saturated heterocycles. The minimum atomic E-state index is -3.75. The number of aromatic nitrogens is 1. The van der Waals surface area contributed by atoms with E-state index in [1.807, 2.05) is 0 Å². The minimum Gasteiger partial charge on any atom is -0.497 e. The third kappa shape index (κ3) is 5.95. The number of nitrogens with one attached hydrogen (secondary N) is 2. The van der Waals surface area contributed by atoms with Crippen LogP contribution >= 0.6 is 0 Å². The van der Waals surface area contributed by atoms with Gasteiger partial charge in [0.05, 0.1) is 12.0 Å². The lowest BCUT2D eigenvalue weighted by Crippen LogP contribution is -2.28. The highest BCUT2D eigenvalue weighted by Crippen LogP contribution is 2.21. The van der Waals surface area contributed by atoms with E-state index in [1.54, 1.807) is 48.8 Å². The van der Waals surface area contributed by atoms with Gasteiger partial charge >= 0.3 is 0 Å². The van der Waals surface area contributed by atoms with E-state index in [-0.39, 0.29) is 17.4 Å². The number of sulfonamides is 1. The van der Waals surface area contributed by atoms with Crippen molar-refractivity contribution in [1.29, 1.82) is 0 Å². The summed E-state index contributed by atoms with van der Waals surface area (Å²) in [5.74, 6) is 0.728. The zero-order valence-corrected chi connectivity index (χ0v) is 17.1. The topological polar surface area (TPSA) is 107 Å². The molecule has 0 aliphatic carbocycles. The average molecular weight is 427 g/mol. The van der Waals surface area contributed by atoms with Crippen LogP contribution in [0.25, 0.3) is 0 Å². The van der Waals surface area contributed by atoms with E-state index in [9.17, 15) is 13.2 Å². The van der Waals surface area contributed by atoms with Crippen molar-refractivity contribution in [3.8, 4) is 11.5 Å². The number of ether oxygens (including phenoxy) is 2. The second-order valence-corrected chi connectivity index (χ2v) is 7.91. The number of methoxy groups -OCH3 is 1. The average Bonchev–Trinajstić information content (AvgIpc) is 2.77. The van der Waals surface area contributed by atoms with E-state index in [0.717, 1.165) is 5.56 Å². The maximum Gasteiger partial charge on any atom is 0.261 e. The van der Waals surface area contributed by atoms with E-state index in [0.29, 0.717) is 23.7 Å². The Morgan fingerprint density at radius 2 is 1.57 bits per heavy atom. The van der Waals surface area contributed by atoms with Crippen LogP contribution in [0.15, 0.2) is 78.0 Å². The maximum atomic E-state index is 12.5. The summed E-state index contributed by atoms with van der Waals surface area (Å²) in [7, 11) is -2.22. The molecule has 3 rings (SSSR count). The summed E-state index contributed by atoms with van der Waals surface area (Å²) in [5.41, 5.74) is 1.35. The number of carbonyl (C=O) groups excluding carboxylic acids is 1. The van der Waals surface area contributed by atoms with Gasteiger partial charge in [0.2, 0.25) is 0 Å². The molecule has 156 valence electrons. The Bertz CT molecular complexity index is 1070. The van der Waals surface area contributed by atoms with E-state index in [1.165, 1.54) is 31.4 Å². The zero-order chi connectivity index (χ0) is 21.4. The number of rotatable bonds is 9. The van der Waals surface area contributed by atoms with Gasteiger partial charge in [-0.1, -0.05) is 0 Å². The van der Waals surface area contributed by atoms with Crippen molar-refractivity contribution in [2.75, 3.05) is 18.4 Å². The Morgan fingerprint density at radius 1 is 0.933 bits per heavy atom. The summed E-state index contributed by atoms with van der Waals surface area (Å²) in [4.78, 5) is 15.9. The predicted molar refractivity (Wildman–Crippen MR) is 112 cm³/mol. The molecule has 8 nitrogen and oxygen atoms in total. The Hall–Kier alpha value is -3.59. The number of hydrogen-bond donors (Lipinski definition) is 2. The number of amides is 1. The summed E-state index contributed by atoms with van der Waals surface area (Å²) in [6, 6.07) is 16.0. The van der Waals surface area contributed by atoms with Gasteiger partial charge < -0.3 is 14.8 Å². The van der Waals surface area contributed by atoms with Crippen LogP contribution in [-0.2, 0) is 21.4 Å². The van der Waals surface area contributed by atoms with Crippen molar-refractivity contribution >= 4 is 21.6 Å². The number of carbonyl (C=O) groups is 1. The number of anilines is 1. The molecule has 2 N–H and O–H groups in total. The van der Waals surface area contributed by atoms with Crippen LogP contribution in [0, 0.1) is 0 Å². The van der Waals surface area contributed by atoms with Gasteiger partial charge in [0.15, 0.2) is 6.61 Å². The monoisotopic (exact) mass is 427 g/mol. The Balaban J connectivity index is 1.52. The highest BCUT2D eigenvalue weighted by Gasteiger charge is 2.14. The van der Waals surface area contributed by atoms with E-state index in [4.69, 9.17) is 9.47 Å². The highest BCUT2D eigenvalue weighted by molar-refractivity contribution is 7.92. The highest BCUT2D eigenvalue weighted by atomic mass is 32.2. The smallest absolute Gasteiger partial charge is 0.261 e. The fourth-order valence-corrected chi connectivity index (χ4v) is 3.55. The molecule has 0 spiro atoms. The molecule has 30 heavy (non-hydrogen) atoms. The van der Waals surface area contributed by atoms with Crippen LogP contribution in [0.3, 0.4) is 0 Å². The summed E-state index contributed by atoms with van der Waals surface area (Å²) in [6.45, 7) is 0.195. The largest absolute Gasteiger partial charge is 0.497 e. The molecule has 3 aromatic rings. The Labute approximate surface area is 174 Å². The van der Waals surface area contributed by atoms with Crippen LogP contribution in [0.1, 0.15) is 5.56 Å². The van der Waals surface area contributed by atoms with Crippen LogP contribution in [-0.4, -0.2) is 33.0 Å². The molecule has 0 atom stereocenters. The first-order valence-corrected chi connectivity index (χ1v) is 10.5. The summed E-state index contributed by atoms with van der Waals surface area (Å²) in [6.07, 6.45) is 3.30. The first-order chi connectivity index (χ1) is 14.5. The van der Waals surface area contributed by atoms with Crippen LogP contribution in [0.2, 0.25) is 0 Å². The molecule has 9 heteroatoms. The molecular formula is C21H21N3O5S. The fourth-order valence-electron chi connectivity index (χ4n) is 2.49.